The van der Waals surface area contributed by atoms with E-state index in [-0.39, 0.29) is 46.2 Å². The molecule has 8 nitrogen and oxygen atoms in total. The summed E-state index contributed by atoms with van der Waals surface area (Å²) in [5.74, 6) is -3.90. The third-order valence-electron chi connectivity index (χ3n) is 7.43. The van der Waals surface area contributed by atoms with Crippen LogP contribution in [0.25, 0.3) is 0 Å². The van der Waals surface area contributed by atoms with E-state index in [1.807, 2.05) is 20.8 Å². The number of nitrogens with one attached hydrogen (secondary N) is 2. The first kappa shape index (κ1) is 29.6. The number of hydrogen-bond acceptors (Lipinski definition) is 6. The first-order chi connectivity index (χ1) is 18.2. The number of anilines is 1. The molecule has 212 valence electrons. The molecule has 2 amide bonds. The standard InChI is InChI=1S/C27H31Cl2F2N3O5/c1-26(2,3)11-21-27(15-9-19(31)17(29)10-20(15)33-25(27)38)22(13-4-5-18(30)16(28)8-13)23(34(21)39)24(37)32-7-6-14(36)12-35/h4-5,8-10,14,21-23,35-36,39H,6-7,11-12H2,1-3H3,(H,32,37)(H,33,38). The Morgan fingerprint density at radius 3 is 2.46 bits per heavy atom. The number of fused-ring (bicyclic) bond motifs is 2. The Labute approximate surface area is 234 Å². The smallest absolute Gasteiger partial charge is 0.240 e. The zero-order valence-electron chi connectivity index (χ0n) is 21.6. The van der Waals surface area contributed by atoms with Crippen LogP contribution in [0.15, 0.2) is 30.3 Å². The van der Waals surface area contributed by atoms with Crippen LogP contribution in [-0.4, -0.2) is 63.6 Å². The van der Waals surface area contributed by atoms with E-state index in [2.05, 4.69) is 10.6 Å². The Bertz CT molecular complexity index is 1290. The molecule has 1 saturated heterocycles. The molecule has 4 rings (SSSR count). The van der Waals surface area contributed by atoms with Crippen molar-refractivity contribution in [2.24, 2.45) is 5.41 Å². The lowest BCUT2D eigenvalue weighted by Crippen LogP contribution is -2.50. The number of aliphatic hydroxyl groups excluding tert-OH is 2. The summed E-state index contributed by atoms with van der Waals surface area (Å²) < 4.78 is 29.2. The van der Waals surface area contributed by atoms with Gasteiger partial charge in [-0.3, -0.25) is 9.59 Å². The number of nitrogens with zero attached hydrogens (tertiary/aromatic N) is 1. The molecule has 0 bridgehead atoms. The number of carbonyl (C=O) groups excluding carboxylic acids is 2. The molecule has 12 heteroatoms. The van der Waals surface area contributed by atoms with E-state index < -0.39 is 65.0 Å². The molecule has 0 radical (unpaired) electrons. The first-order valence-corrected chi connectivity index (χ1v) is 13.3. The number of aliphatic hydroxyl groups is 2. The molecule has 0 aromatic heterocycles. The van der Waals surface area contributed by atoms with E-state index in [9.17, 15) is 28.7 Å². The molecule has 1 spiro atoms. The highest BCUT2D eigenvalue weighted by Gasteiger charge is 2.69. The highest BCUT2D eigenvalue weighted by molar-refractivity contribution is 6.31. The molecule has 5 unspecified atom stereocenters. The van der Waals surface area contributed by atoms with E-state index in [0.29, 0.717) is 0 Å². The lowest BCUT2D eigenvalue weighted by atomic mass is 9.62. The Morgan fingerprint density at radius 2 is 1.85 bits per heavy atom. The number of hydrogen-bond donors (Lipinski definition) is 5. The van der Waals surface area contributed by atoms with E-state index >= 15 is 0 Å². The normalized spacial score (nSPS) is 25.6. The summed E-state index contributed by atoms with van der Waals surface area (Å²) in [6, 6.07) is 3.79. The number of amides is 2. The second-order valence-corrected chi connectivity index (χ2v) is 12.1. The number of carbonyl (C=O) groups is 2. The third-order valence-corrected chi connectivity index (χ3v) is 8.01. The average molecular weight is 586 g/mol. The third kappa shape index (κ3) is 5.26. The number of rotatable bonds is 7. The van der Waals surface area contributed by atoms with E-state index in [0.717, 1.165) is 17.2 Å². The minimum Gasteiger partial charge on any atom is -0.394 e. The van der Waals surface area contributed by atoms with Crippen LogP contribution in [0.2, 0.25) is 10.0 Å². The predicted molar refractivity (Wildman–Crippen MR) is 142 cm³/mol. The fourth-order valence-electron chi connectivity index (χ4n) is 5.81. The van der Waals surface area contributed by atoms with Gasteiger partial charge in [-0.25, -0.2) is 8.78 Å². The predicted octanol–water partition coefficient (Wildman–Crippen LogP) is 3.98. The van der Waals surface area contributed by atoms with Crippen molar-refractivity contribution in [3.8, 4) is 0 Å². The van der Waals surface area contributed by atoms with E-state index in [1.165, 1.54) is 18.2 Å². The number of benzene rings is 2. The largest absolute Gasteiger partial charge is 0.394 e. The van der Waals surface area contributed by atoms with Crippen LogP contribution in [0.4, 0.5) is 14.5 Å². The van der Waals surface area contributed by atoms with Crippen molar-refractivity contribution < 1.29 is 33.8 Å². The lowest BCUT2D eigenvalue weighted by molar-refractivity contribution is -0.164. The van der Waals surface area contributed by atoms with Crippen molar-refractivity contribution in [2.45, 2.75) is 63.1 Å². The highest BCUT2D eigenvalue weighted by atomic mass is 35.5. The van der Waals surface area contributed by atoms with Crippen LogP contribution < -0.4 is 10.6 Å². The van der Waals surface area contributed by atoms with Crippen LogP contribution in [-0.2, 0) is 15.0 Å². The van der Waals surface area contributed by atoms with Crippen LogP contribution in [0, 0.1) is 17.0 Å². The summed E-state index contributed by atoms with van der Waals surface area (Å²) in [6.45, 7) is 5.17. The molecule has 0 saturated carbocycles. The highest BCUT2D eigenvalue weighted by Crippen LogP contribution is 2.59. The number of halogens is 4. The maximum absolute atomic E-state index is 14.9. The summed E-state index contributed by atoms with van der Waals surface area (Å²) >= 11 is 12.2. The van der Waals surface area contributed by atoms with Gasteiger partial charge in [0, 0.05) is 18.2 Å². The van der Waals surface area contributed by atoms with Crippen LogP contribution in [0.5, 0.6) is 0 Å². The molecule has 5 atom stereocenters. The molecule has 2 aromatic rings. The van der Waals surface area contributed by atoms with Crippen molar-refractivity contribution in [3.05, 3.63) is 63.1 Å². The van der Waals surface area contributed by atoms with Gasteiger partial charge in [0.05, 0.1) is 28.8 Å². The Kier molecular flexibility index (Phi) is 8.29. The monoisotopic (exact) mass is 585 g/mol. The quantitative estimate of drug-likeness (QED) is 0.335. The van der Waals surface area contributed by atoms with Crippen molar-refractivity contribution >= 4 is 40.7 Å². The summed E-state index contributed by atoms with van der Waals surface area (Å²) in [5.41, 5.74) is -1.43. The van der Waals surface area contributed by atoms with Crippen LogP contribution in [0.3, 0.4) is 0 Å². The van der Waals surface area contributed by atoms with Gasteiger partial charge in [0.2, 0.25) is 11.8 Å². The maximum atomic E-state index is 14.9. The Morgan fingerprint density at radius 1 is 1.18 bits per heavy atom. The lowest BCUT2D eigenvalue weighted by Gasteiger charge is -2.38. The van der Waals surface area contributed by atoms with Gasteiger partial charge in [-0.1, -0.05) is 50.0 Å². The molecule has 1 fully saturated rings. The van der Waals surface area contributed by atoms with Gasteiger partial charge in [0.25, 0.3) is 0 Å². The molecule has 2 aliphatic heterocycles. The van der Waals surface area contributed by atoms with Crippen molar-refractivity contribution in [1.82, 2.24) is 10.4 Å². The summed E-state index contributed by atoms with van der Waals surface area (Å²) in [4.78, 5) is 27.7. The van der Waals surface area contributed by atoms with Crippen molar-refractivity contribution in [1.29, 1.82) is 0 Å². The molecule has 39 heavy (non-hydrogen) atoms. The minimum atomic E-state index is -1.70. The zero-order chi connectivity index (χ0) is 28.9. The molecule has 2 aromatic carbocycles. The molecular weight excluding hydrogens is 555 g/mol. The molecule has 0 aliphatic carbocycles. The Balaban J connectivity index is 1.96. The van der Waals surface area contributed by atoms with Gasteiger partial charge >= 0.3 is 0 Å². The molecule has 2 heterocycles. The van der Waals surface area contributed by atoms with E-state index in [1.54, 1.807) is 0 Å². The summed E-state index contributed by atoms with van der Waals surface area (Å²) in [7, 11) is 0. The second-order valence-electron chi connectivity index (χ2n) is 11.3. The van der Waals surface area contributed by atoms with E-state index in [4.69, 9.17) is 28.3 Å². The van der Waals surface area contributed by atoms with Gasteiger partial charge in [0.1, 0.15) is 23.1 Å². The molecular formula is C27H31Cl2F2N3O5. The topological polar surface area (TPSA) is 122 Å². The summed E-state index contributed by atoms with van der Waals surface area (Å²) in [6.07, 6.45) is -0.818. The average Bonchev–Trinajstić information content (AvgIpc) is 3.26. The van der Waals surface area contributed by atoms with Crippen molar-refractivity contribution in [3.63, 3.8) is 0 Å². The van der Waals surface area contributed by atoms with Gasteiger partial charge < -0.3 is 26.1 Å². The van der Waals surface area contributed by atoms with Gasteiger partial charge in [-0.15, -0.1) is 0 Å². The fourth-order valence-corrected chi connectivity index (χ4v) is 6.16. The summed E-state index contributed by atoms with van der Waals surface area (Å²) in [5, 5.41) is 36.2. The van der Waals surface area contributed by atoms with Gasteiger partial charge in [-0.05, 0) is 53.6 Å². The number of hydroxylamine groups is 2. The Hall–Kier alpha value is -2.34. The second kappa shape index (κ2) is 10.9. The fraction of sp³-hybridized carbons (Fsp3) is 0.481. The first-order valence-electron chi connectivity index (χ1n) is 12.5. The molecule has 2 aliphatic rings. The maximum Gasteiger partial charge on any atom is 0.240 e. The zero-order valence-corrected chi connectivity index (χ0v) is 23.2. The van der Waals surface area contributed by atoms with Gasteiger partial charge in [-0.2, -0.15) is 5.06 Å². The van der Waals surface area contributed by atoms with Crippen LogP contribution in [0.1, 0.15) is 50.7 Å². The minimum absolute atomic E-state index is 0.0360. The van der Waals surface area contributed by atoms with Crippen LogP contribution >= 0.6 is 23.2 Å². The van der Waals surface area contributed by atoms with Crippen molar-refractivity contribution in [2.75, 3.05) is 18.5 Å². The van der Waals surface area contributed by atoms with Gasteiger partial charge in [0.15, 0.2) is 0 Å². The SMILES string of the molecule is CC(C)(C)CC1N(O)C(C(=O)NCCC(O)CO)C(c2ccc(F)c(Cl)c2)C12C(=O)Nc1cc(Cl)c(F)cc12. The molecule has 5 N–H and O–H groups in total.